The molecule has 1 aromatic rings. The van der Waals surface area contributed by atoms with Crippen LogP contribution in [0.1, 0.15) is 39.2 Å². The molecule has 4 heteroatoms. The SMILES string of the molecule is CC(=O)C1CN(C(C)(C)C)C[C@H]1c1ccc(F)cc1F. The average Bonchev–Trinajstić information content (AvgIpc) is 2.73. The number of rotatable bonds is 2. The molecule has 1 heterocycles. The van der Waals surface area contributed by atoms with Crippen molar-refractivity contribution in [1.82, 2.24) is 4.90 Å². The molecule has 0 amide bonds. The zero-order valence-electron chi connectivity index (χ0n) is 12.4. The van der Waals surface area contributed by atoms with Gasteiger partial charge in [-0.3, -0.25) is 9.69 Å². The third-order valence-corrected chi connectivity index (χ3v) is 4.15. The van der Waals surface area contributed by atoms with Crippen molar-refractivity contribution in [2.45, 2.75) is 39.2 Å². The van der Waals surface area contributed by atoms with Crippen molar-refractivity contribution in [3.63, 3.8) is 0 Å². The summed E-state index contributed by atoms with van der Waals surface area (Å²) < 4.78 is 27.0. The fraction of sp³-hybridized carbons (Fsp3) is 0.562. The topological polar surface area (TPSA) is 20.3 Å². The maximum absolute atomic E-state index is 14.0. The number of carbonyl (C=O) groups excluding carboxylic acids is 1. The smallest absolute Gasteiger partial charge is 0.134 e. The van der Waals surface area contributed by atoms with E-state index < -0.39 is 11.6 Å². The summed E-state index contributed by atoms with van der Waals surface area (Å²) in [5.41, 5.74) is 0.372. The Morgan fingerprint density at radius 1 is 1.25 bits per heavy atom. The van der Waals surface area contributed by atoms with Gasteiger partial charge in [0.1, 0.15) is 17.4 Å². The van der Waals surface area contributed by atoms with Crippen molar-refractivity contribution in [3.05, 3.63) is 35.4 Å². The Morgan fingerprint density at radius 2 is 1.90 bits per heavy atom. The highest BCUT2D eigenvalue weighted by Gasteiger charge is 2.41. The molecule has 0 bridgehead atoms. The standard InChI is InChI=1S/C16H21F2NO/c1-10(20)13-8-19(16(2,3)4)9-14(13)12-6-5-11(17)7-15(12)18/h5-7,13-14H,8-9H2,1-4H3/t13?,14-/m0/s1. The lowest BCUT2D eigenvalue weighted by Gasteiger charge is -2.31. The molecule has 0 aliphatic carbocycles. The number of Topliss-reactive ketones (excluding diaryl/α,β-unsaturated/α-hetero) is 1. The van der Waals surface area contributed by atoms with Gasteiger partial charge in [-0.15, -0.1) is 0 Å². The Labute approximate surface area is 118 Å². The molecule has 1 saturated heterocycles. The zero-order chi connectivity index (χ0) is 15.1. The highest BCUT2D eigenvalue weighted by atomic mass is 19.1. The average molecular weight is 281 g/mol. The lowest BCUT2D eigenvalue weighted by molar-refractivity contribution is -0.120. The van der Waals surface area contributed by atoms with Crippen LogP contribution in [0.15, 0.2) is 18.2 Å². The van der Waals surface area contributed by atoms with Gasteiger partial charge in [-0.2, -0.15) is 0 Å². The Morgan fingerprint density at radius 3 is 2.40 bits per heavy atom. The summed E-state index contributed by atoms with van der Waals surface area (Å²) in [6, 6.07) is 3.62. The van der Waals surface area contributed by atoms with Gasteiger partial charge in [-0.25, -0.2) is 8.78 Å². The summed E-state index contributed by atoms with van der Waals surface area (Å²) in [5, 5.41) is 0. The van der Waals surface area contributed by atoms with Gasteiger partial charge >= 0.3 is 0 Å². The van der Waals surface area contributed by atoms with E-state index in [9.17, 15) is 13.6 Å². The van der Waals surface area contributed by atoms with Gasteiger partial charge in [0.2, 0.25) is 0 Å². The second-order valence-electron chi connectivity index (χ2n) is 6.57. The van der Waals surface area contributed by atoms with Gasteiger partial charge in [0.15, 0.2) is 0 Å². The Bertz CT molecular complexity index is 522. The summed E-state index contributed by atoms with van der Waals surface area (Å²) in [6.45, 7) is 9.02. The van der Waals surface area contributed by atoms with E-state index in [0.29, 0.717) is 18.7 Å². The van der Waals surface area contributed by atoms with Crippen molar-refractivity contribution in [2.24, 2.45) is 5.92 Å². The summed E-state index contributed by atoms with van der Waals surface area (Å²) >= 11 is 0. The maximum atomic E-state index is 14.0. The predicted octanol–water partition coefficient (Wildman–Crippen LogP) is 3.37. The van der Waals surface area contributed by atoms with Crippen LogP contribution in [0.3, 0.4) is 0 Å². The fourth-order valence-corrected chi connectivity index (χ4v) is 2.88. The number of hydrogen-bond donors (Lipinski definition) is 0. The van der Waals surface area contributed by atoms with E-state index in [-0.39, 0.29) is 23.2 Å². The highest BCUT2D eigenvalue weighted by Crippen LogP contribution is 2.37. The molecule has 2 atom stereocenters. The van der Waals surface area contributed by atoms with Crippen molar-refractivity contribution in [2.75, 3.05) is 13.1 Å². The van der Waals surface area contributed by atoms with Gasteiger partial charge in [0, 0.05) is 36.5 Å². The molecule has 2 nitrogen and oxygen atoms in total. The molecule has 1 unspecified atom stereocenters. The number of benzene rings is 1. The first-order chi connectivity index (χ1) is 9.20. The van der Waals surface area contributed by atoms with Crippen molar-refractivity contribution < 1.29 is 13.6 Å². The van der Waals surface area contributed by atoms with E-state index in [0.717, 1.165) is 6.07 Å². The number of nitrogens with zero attached hydrogens (tertiary/aromatic N) is 1. The Hall–Kier alpha value is -1.29. The number of carbonyl (C=O) groups is 1. The van der Waals surface area contributed by atoms with Gasteiger partial charge in [-0.1, -0.05) is 6.07 Å². The van der Waals surface area contributed by atoms with Crippen molar-refractivity contribution in [1.29, 1.82) is 0 Å². The molecule has 1 aliphatic rings. The lowest BCUT2D eigenvalue weighted by atomic mass is 9.86. The van der Waals surface area contributed by atoms with Gasteiger partial charge in [-0.05, 0) is 39.3 Å². The van der Waals surface area contributed by atoms with E-state index in [1.165, 1.54) is 12.1 Å². The monoisotopic (exact) mass is 281 g/mol. The zero-order valence-corrected chi connectivity index (χ0v) is 12.4. The van der Waals surface area contributed by atoms with Crippen molar-refractivity contribution >= 4 is 5.78 Å². The molecule has 0 N–H and O–H groups in total. The number of likely N-dealkylation sites (tertiary alicyclic amines) is 1. The molecule has 0 spiro atoms. The van der Waals surface area contributed by atoms with E-state index in [1.54, 1.807) is 6.92 Å². The Balaban J connectivity index is 2.35. The summed E-state index contributed by atoms with van der Waals surface area (Å²) in [6.07, 6.45) is 0. The minimum Gasteiger partial charge on any atom is -0.300 e. The van der Waals surface area contributed by atoms with Crippen LogP contribution in [0.25, 0.3) is 0 Å². The molecular weight excluding hydrogens is 260 g/mol. The first kappa shape index (κ1) is 15.1. The quantitative estimate of drug-likeness (QED) is 0.828. The van der Waals surface area contributed by atoms with Gasteiger partial charge < -0.3 is 0 Å². The molecule has 1 fully saturated rings. The highest BCUT2D eigenvalue weighted by molar-refractivity contribution is 5.80. The first-order valence-electron chi connectivity index (χ1n) is 6.90. The van der Waals surface area contributed by atoms with Crippen molar-refractivity contribution in [3.8, 4) is 0 Å². The van der Waals surface area contributed by atoms with Crippen LogP contribution in [0.4, 0.5) is 8.78 Å². The van der Waals surface area contributed by atoms with Crippen LogP contribution in [0.2, 0.25) is 0 Å². The summed E-state index contributed by atoms with van der Waals surface area (Å²) in [7, 11) is 0. The maximum Gasteiger partial charge on any atom is 0.134 e. The molecule has 1 aliphatic heterocycles. The predicted molar refractivity (Wildman–Crippen MR) is 74.6 cm³/mol. The second kappa shape index (κ2) is 5.24. The van der Waals surface area contributed by atoms with Crippen LogP contribution in [0.5, 0.6) is 0 Å². The third kappa shape index (κ3) is 2.90. The summed E-state index contributed by atoms with van der Waals surface area (Å²) in [4.78, 5) is 14.0. The second-order valence-corrected chi connectivity index (χ2v) is 6.57. The molecule has 0 saturated carbocycles. The largest absolute Gasteiger partial charge is 0.300 e. The van der Waals surface area contributed by atoms with E-state index in [2.05, 4.69) is 25.7 Å². The molecule has 0 aromatic heterocycles. The van der Waals surface area contributed by atoms with Crippen LogP contribution in [-0.4, -0.2) is 29.3 Å². The van der Waals surface area contributed by atoms with Crippen LogP contribution in [-0.2, 0) is 4.79 Å². The van der Waals surface area contributed by atoms with Gasteiger partial charge in [0.25, 0.3) is 0 Å². The molecule has 20 heavy (non-hydrogen) atoms. The van der Waals surface area contributed by atoms with Crippen LogP contribution >= 0.6 is 0 Å². The number of halogens is 2. The van der Waals surface area contributed by atoms with E-state index in [4.69, 9.17) is 0 Å². The normalized spacial score (nSPS) is 24.1. The molecular formula is C16H21F2NO. The summed E-state index contributed by atoms with van der Waals surface area (Å²) in [5.74, 6) is -1.51. The molecule has 0 radical (unpaired) electrons. The minimum atomic E-state index is -0.587. The number of ketones is 1. The van der Waals surface area contributed by atoms with Crippen LogP contribution < -0.4 is 0 Å². The number of hydrogen-bond acceptors (Lipinski definition) is 2. The fourth-order valence-electron chi connectivity index (χ4n) is 2.88. The molecule has 110 valence electrons. The third-order valence-electron chi connectivity index (χ3n) is 4.15. The first-order valence-corrected chi connectivity index (χ1v) is 6.90. The minimum absolute atomic E-state index is 0.0606. The van der Waals surface area contributed by atoms with E-state index >= 15 is 0 Å². The molecule has 1 aromatic carbocycles. The molecule has 2 rings (SSSR count). The van der Waals surface area contributed by atoms with E-state index in [1.807, 2.05) is 0 Å². The van der Waals surface area contributed by atoms with Crippen LogP contribution in [0, 0.1) is 17.6 Å². The lowest BCUT2D eigenvalue weighted by Crippen LogP contribution is -2.40. The Kier molecular flexibility index (Phi) is 3.96. The van der Waals surface area contributed by atoms with Gasteiger partial charge in [0.05, 0.1) is 0 Å².